The van der Waals surface area contributed by atoms with E-state index in [1.165, 1.54) is 17.4 Å². The van der Waals surface area contributed by atoms with Gasteiger partial charge in [0.25, 0.3) is 5.56 Å². The van der Waals surface area contributed by atoms with Crippen LogP contribution in [0.3, 0.4) is 0 Å². The highest BCUT2D eigenvalue weighted by Crippen LogP contribution is 2.39. The molecule has 0 aliphatic carbocycles. The van der Waals surface area contributed by atoms with Gasteiger partial charge >= 0.3 is 5.97 Å². The van der Waals surface area contributed by atoms with Gasteiger partial charge in [-0.05, 0) is 48.4 Å². The van der Waals surface area contributed by atoms with Crippen molar-refractivity contribution in [1.29, 1.82) is 0 Å². The van der Waals surface area contributed by atoms with Gasteiger partial charge in [-0.3, -0.25) is 9.36 Å². The Hall–Kier alpha value is -4.16. The number of benzene rings is 3. The van der Waals surface area contributed by atoms with Crippen LogP contribution >= 0.6 is 11.3 Å². The lowest BCUT2D eigenvalue weighted by molar-refractivity contribution is 0.0533. The number of pyridine rings is 1. The molecule has 0 radical (unpaired) electrons. The molecule has 5 nitrogen and oxygen atoms in total. The number of ether oxygens (including phenoxy) is 2. The highest BCUT2D eigenvalue weighted by atomic mass is 32.1. The highest BCUT2D eigenvalue weighted by molar-refractivity contribution is 7.21. The molecule has 5 aromatic rings. The number of aromatic nitrogens is 1. The number of hydrogen-bond donors (Lipinski definition) is 0. The summed E-state index contributed by atoms with van der Waals surface area (Å²) >= 11 is 1.27. The fourth-order valence-electron chi connectivity index (χ4n) is 3.99. The van der Waals surface area contributed by atoms with Gasteiger partial charge in [-0.1, -0.05) is 60.7 Å². The van der Waals surface area contributed by atoms with E-state index in [1.54, 1.807) is 17.6 Å². The molecular formula is C29H23NO4S. The predicted molar refractivity (Wildman–Crippen MR) is 140 cm³/mol. The summed E-state index contributed by atoms with van der Waals surface area (Å²) in [6.07, 6.45) is 0. The molecule has 0 bridgehead atoms. The van der Waals surface area contributed by atoms with Gasteiger partial charge in [0.05, 0.1) is 12.3 Å². The highest BCUT2D eigenvalue weighted by Gasteiger charge is 2.23. The second-order valence-electron chi connectivity index (χ2n) is 7.89. The molecule has 0 spiro atoms. The van der Waals surface area contributed by atoms with Crippen LogP contribution in [0.5, 0.6) is 5.75 Å². The molecule has 0 aliphatic heterocycles. The molecule has 0 N–H and O–H groups in total. The zero-order valence-electron chi connectivity index (χ0n) is 19.1. The first-order chi connectivity index (χ1) is 17.2. The van der Waals surface area contributed by atoms with Gasteiger partial charge in [-0.25, -0.2) is 4.79 Å². The largest absolute Gasteiger partial charge is 0.489 e. The van der Waals surface area contributed by atoms with E-state index in [0.29, 0.717) is 27.8 Å². The maximum atomic E-state index is 13.0. The molecule has 2 heterocycles. The summed E-state index contributed by atoms with van der Waals surface area (Å²) in [6, 6.07) is 30.4. The smallest absolute Gasteiger partial charge is 0.349 e. The van der Waals surface area contributed by atoms with E-state index >= 15 is 0 Å². The number of carbonyl (C=O) groups excluding carboxylic acids is 1. The van der Waals surface area contributed by atoms with Crippen LogP contribution in [0.4, 0.5) is 0 Å². The summed E-state index contributed by atoms with van der Waals surface area (Å²) in [4.78, 5) is 27.0. The molecule has 0 unspecified atom stereocenters. The van der Waals surface area contributed by atoms with E-state index in [4.69, 9.17) is 9.47 Å². The Kier molecular flexibility index (Phi) is 6.46. The lowest BCUT2D eigenvalue weighted by Gasteiger charge is -2.10. The molecule has 5 rings (SSSR count). The van der Waals surface area contributed by atoms with Crippen molar-refractivity contribution in [2.75, 3.05) is 6.61 Å². The van der Waals surface area contributed by atoms with E-state index in [9.17, 15) is 9.59 Å². The summed E-state index contributed by atoms with van der Waals surface area (Å²) in [5, 5.41) is 0.827. The molecular weight excluding hydrogens is 458 g/mol. The van der Waals surface area contributed by atoms with E-state index in [-0.39, 0.29) is 12.2 Å². The van der Waals surface area contributed by atoms with Gasteiger partial charge < -0.3 is 9.47 Å². The molecule has 0 aliphatic rings. The minimum atomic E-state index is -0.392. The molecule has 0 saturated carbocycles. The molecule has 0 saturated heterocycles. The zero-order chi connectivity index (χ0) is 24.2. The summed E-state index contributed by atoms with van der Waals surface area (Å²) in [5.74, 6) is 0.317. The average molecular weight is 482 g/mol. The van der Waals surface area contributed by atoms with Crippen molar-refractivity contribution in [1.82, 2.24) is 4.57 Å². The third-order valence-electron chi connectivity index (χ3n) is 5.61. The van der Waals surface area contributed by atoms with Crippen LogP contribution < -0.4 is 10.3 Å². The molecule has 3 aromatic carbocycles. The second kappa shape index (κ2) is 9.99. The van der Waals surface area contributed by atoms with Crippen LogP contribution in [0, 0.1) is 0 Å². The zero-order valence-corrected chi connectivity index (χ0v) is 20.0. The molecule has 6 heteroatoms. The summed E-state index contributed by atoms with van der Waals surface area (Å²) < 4.78 is 12.9. The standard InChI is InChI=1S/C29H23NO4S/c1-2-33-29(32)27-26(21-11-7-4-8-12-21)24-17-18-25(31)30(28(24)35-27)22-13-15-23(16-14-22)34-19-20-9-5-3-6-10-20/h3-18H,2,19H2,1H3. The molecule has 0 fully saturated rings. The number of thiophene rings is 1. The first-order valence-electron chi connectivity index (χ1n) is 11.3. The van der Waals surface area contributed by atoms with Crippen LogP contribution in [-0.2, 0) is 11.3 Å². The number of nitrogens with zero attached hydrogens (tertiary/aromatic N) is 1. The Labute approximate surface area is 206 Å². The SMILES string of the molecule is CCOC(=O)c1sc2c(ccc(=O)n2-c2ccc(OCc3ccccc3)cc2)c1-c1ccccc1. The van der Waals surface area contributed by atoms with Crippen LogP contribution in [0.1, 0.15) is 22.2 Å². The van der Waals surface area contributed by atoms with Gasteiger partial charge in [-0.15, -0.1) is 11.3 Å². The molecule has 0 amide bonds. The average Bonchev–Trinajstić information content (AvgIpc) is 3.29. The maximum absolute atomic E-state index is 13.0. The van der Waals surface area contributed by atoms with Crippen LogP contribution in [0.25, 0.3) is 27.0 Å². The monoisotopic (exact) mass is 481 g/mol. The second-order valence-corrected chi connectivity index (χ2v) is 8.89. The normalized spacial score (nSPS) is 10.9. The van der Waals surface area contributed by atoms with E-state index in [0.717, 1.165) is 22.1 Å². The topological polar surface area (TPSA) is 57.5 Å². The van der Waals surface area contributed by atoms with E-state index in [2.05, 4.69) is 0 Å². The van der Waals surface area contributed by atoms with Crippen molar-refractivity contribution in [3.8, 4) is 22.6 Å². The lowest BCUT2D eigenvalue weighted by Crippen LogP contribution is -2.16. The number of esters is 1. The van der Waals surface area contributed by atoms with Gasteiger partial charge in [0, 0.05) is 17.0 Å². The van der Waals surface area contributed by atoms with Crippen molar-refractivity contribution >= 4 is 27.5 Å². The fourth-order valence-corrected chi connectivity index (χ4v) is 5.22. The van der Waals surface area contributed by atoms with Crippen molar-refractivity contribution < 1.29 is 14.3 Å². The Bertz CT molecular complexity index is 1520. The number of hydrogen-bond acceptors (Lipinski definition) is 5. The quantitative estimate of drug-likeness (QED) is 0.250. The minimum Gasteiger partial charge on any atom is -0.489 e. The van der Waals surface area contributed by atoms with Gasteiger partial charge in [0.2, 0.25) is 0 Å². The molecule has 35 heavy (non-hydrogen) atoms. The maximum Gasteiger partial charge on any atom is 0.349 e. The van der Waals surface area contributed by atoms with Crippen LogP contribution in [0.2, 0.25) is 0 Å². The van der Waals surface area contributed by atoms with Crippen molar-refractivity contribution in [3.63, 3.8) is 0 Å². The van der Waals surface area contributed by atoms with Gasteiger partial charge in [0.1, 0.15) is 22.1 Å². The third kappa shape index (κ3) is 4.61. The summed E-state index contributed by atoms with van der Waals surface area (Å²) in [5.41, 5.74) is 3.28. The Balaban J connectivity index is 1.57. The van der Waals surface area contributed by atoms with E-state index in [1.807, 2.05) is 84.9 Å². The molecule has 2 aromatic heterocycles. The number of rotatable bonds is 7. The van der Waals surface area contributed by atoms with Crippen LogP contribution in [0.15, 0.2) is 102 Å². The summed E-state index contributed by atoms with van der Waals surface area (Å²) in [7, 11) is 0. The molecule has 0 atom stereocenters. The van der Waals surface area contributed by atoms with Crippen molar-refractivity contribution in [3.05, 3.63) is 118 Å². The first kappa shape index (κ1) is 22.6. The Morgan fingerprint density at radius 1 is 0.857 bits per heavy atom. The lowest BCUT2D eigenvalue weighted by atomic mass is 10.0. The van der Waals surface area contributed by atoms with Crippen LogP contribution in [-0.4, -0.2) is 17.1 Å². The summed E-state index contributed by atoms with van der Waals surface area (Å²) in [6.45, 7) is 2.52. The van der Waals surface area contributed by atoms with Crippen molar-refractivity contribution in [2.24, 2.45) is 0 Å². The van der Waals surface area contributed by atoms with E-state index < -0.39 is 5.97 Å². The van der Waals surface area contributed by atoms with Gasteiger partial charge in [-0.2, -0.15) is 0 Å². The minimum absolute atomic E-state index is 0.174. The van der Waals surface area contributed by atoms with Crippen molar-refractivity contribution in [2.45, 2.75) is 13.5 Å². The number of carbonyl (C=O) groups is 1. The Morgan fingerprint density at radius 2 is 1.54 bits per heavy atom. The third-order valence-corrected chi connectivity index (χ3v) is 6.78. The Morgan fingerprint density at radius 3 is 2.23 bits per heavy atom. The fraction of sp³-hybridized carbons (Fsp3) is 0.103. The first-order valence-corrected chi connectivity index (χ1v) is 12.2. The number of fused-ring (bicyclic) bond motifs is 1. The predicted octanol–water partition coefficient (Wildman–Crippen LogP) is 6.47. The van der Waals surface area contributed by atoms with Gasteiger partial charge in [0.15, 0.2) is 0 Å². The molecule has 174 valence electrons.